The molecule has 0 fully saturated rings. The molecule has 0 aliphatic carbocycles. The first-order chi connectivity index (χ1) is 15.0. The number of esters is 1. The molecule has 172 valence electrons. The maximum absolute atomic E-state index is 13.2. The summed E-state index contributed by atoms with van der Waals surface area (Å²) in [7, 11) is 0. The fraction of sp³-hybridized carbons (Fsp3) is 0.348. The van der Waals surface area contributed by atoms with E-state index < -0.39 is 36.5 Å². The van der Waals surface area contributed by atoms with Crippen molar-refractivity contribution in [1.29, 1.82) is 0 Å². The first-order valence-electron chi connectivity index (χ1n) is 10.2. The minimum Gasteiger partial charge on any atom is -0.489 e. The van der Waals surface area contributed by atoms with Crippen molar-refractivity contribution in [3.63, 3.8) is 0 Å². The number of ether oxygens (including phenoxy) is 2. The number of anilines is 1. The molecular weight excluding hydrogens is 436 g/mol. The molecule has 1 aliphatic rings. The summed E-state index contributed by atoms with van der Waals surface area (Å²) < 4.78 is 11.0. The molecule has 0 radical (unpaired) electrons. The van der Waals surface area contributed by atoms with E-state index in [1.165, 1.54) is 4.90 Å². The van der Waals surface area contributed by atoms with Crippen molar-refractivity contribution < 1.29 is 29.0 Å². The normalized spacial score (nSPS) is 16.1. The highest BCUT2D eigenvalue weighted by Gasteiger charge is 2.35. The SMILES string of the molecule is CCOC(=O)[C@@H](CCc1ccccc1)N[C@H]1COc2ccccc2N(CC(=O)O)C1=O.Cl. The van der Waals surface area contributed by atoms with Crippen molar-refractivity contribution in [2.75, 3.05) is 24.7 Å². The number of nitrogens with zero attached hydrogens (tertiary/aromatic N) is 1. The molecule has 0 aromatic heterocycles. The number of hydrogen-bond donors (Lipinski definition) is 2. The molecule has 0 spiro atoms. The van der Waals surface area contributed by atoms with Crippen LogP contribution in [0.5, 0.6) is 5.75 Å². The predicted molar refractivity (Wildman–Crippen MR) is 121 cm³/mol. The predicted octanol–water partition coefficient (Wildman–Crippen LogP) is 2.44. The molecule has 9 heteroatoms. The van der Waals surface area contributed by atoms with E-state index in [4.69, 9.17) is 9.47 Å². The third kappa shape index (κ3) is 6.45. The molecule has 2 aromatic carbocycles. The first kappa shape index (κ1) is 25.2. The number of carboxylic acids is 1. The summed E-state index contributed by atoms with van der Waals surface area (Å²) in [5.74, 6) is -1.66. The molecule has 1 amide bonds. The summed E-state index contributed by atoms with van der Waals surface area (Å²) in [5.41, 5.74) is 1.44. The number of halogens is 1. The lowest BCUT2D eigenvalue weighted by Crippen LogP contribution is -2.55. The maximum Gasteiger partial charge on any atom is 0.323 e. The number of aliphatic carboxylic acids is 1. The van der Waals surface area contributed by atoms with Gasteiger partial charge >= 0.3 is 11.9 Å². The number of carboxylic acid groups (broad SMARTS) is 1. The van der Waals surface area contributed by atoms with Crippen LogP contribution in [-0.4, -0.2) is 54.8 Å². The topological polar surface area (TPSA) is 105 Å². The summed E-state index contributed by atoms with van der Waals surface area (Å²) in [6.07, 6.45) is 1.02. The molecule has 0 saturated heterocycles. The summed E-state index contributed by atoms with van der Waals surface area (Å²) in [6.45, 7) is 1.39. The van der Waals surface area contributed by atoms with Gasteiger partial charge in [-0.2, -0.15) is 0 Å². The third-order valence-electron chi connectivity index (χ3n) is 4.96. The third-order valence-corrected chi connectivity index (χ3v) is 4.96. The van der Waals surface area contributed by atoms with Gasteiger partial charge in [0.15, 0.2) is 0 Å². The standard InChI is InChI=1S/C23H26N2O6.ClH/c1-2-30-23(29)17(13-12-16-8-4-3-5-9-16)24-18-15-31-20-11-7-6-10-19(20)25(22(18)28)14-21(26)27;/h3-11,17-18,24H,2,12-15H2,1H3,(H,26,27);1H/t17-,18+;/m1./s1. The van der Waals surface area contributed by atoms with E-state index in [1.54, 1.807) is 31.2 Å². The Morgan fingerprint density at radius 1 is 1.19 bits per heavy atom. The van der Waals surface area contributed by atoms with Gasteiger partial charge in [-0.1, -0.05) is 42.5 Å². The maximum atomic E-state index is 13.2. The van der Waals surface area contributed by atoms with Crippen LogP contribution in [0.15, 0.2) is 54.6 Å². The lowest BCUT2D eigenvalue weighted by Gasteiger charge is -2.26. The van der Waals surface area contributed by atoms with E-state index in [9.17, 15) is 19.5 Å². The molecule has 2 aromatic rings. The molecule has 3 rings (SSSR count). The van der Waals surface area contributed by atoms with Gasteiger partial charge in [-0.15, -0.1) is 12.4 Å². The van der Waals surface area contributed by atoms with E-state index in [1.807, 2.05) is 30.3 Å². The Morgan fingerprint density at radius 2 is 1.88 bits per heavy atom. The number of amides is 1. The monoisotopic (exact) mass is 462 g/mol. The van der Waals surface area contributed by atoms with E-state index in [0.717, 1.165) is 5.56 Å². The van der Waals surface area contributed by atoms with Crippen molar-refractivity contribution in [2.24, 2.45) is 0 Å². The molecule has 1 aliphatic heterocycles. The molecule has 0 bridgehead atoms. The Kier molecular flexibility index (Phi) is 9.49. The van der Waals surface area contributed by atoms with Gasteiger partial charge in [0.2, 0.25) is 5.91 Å². The number of fused-ring (bicyclic) bond motifs is 1. The average molecular weight is 463 g/mol. The van der Waals surface area contributed by atoms with Crippen LogP contribution in [0.1, 0.15) is 18.9 Å². The van der Waals surface area contributed by atoms with Gasteiger partial charge in [-0.05, 0) is 37.5 Å². The number of para-hydroxylation sites is 2. The van der Waals surface area contributed by atoms with Gasteiger partial charge in [-0.25, -0.2) is 0 Å². The first-order valence-corrected chi connectivity index (χ1v) is 10.2. The number of benzene rings is 2. The second-order valence-corrected chi connectivity index (χ2v) is 7.15. The zero-order chi connectivity index (χ0) is 22.2. The van der Waals surface area contributed by atoms with Crippen molar-refractivity contribution in [3.8, 4) is 5.75 Å². The minimum atomic E-state index is -1.14. The highest BCUT2D eigenvalue weighted by atomic mass is 35.5. The molecule has 8 nitrogen and oxygen atoms in total. The Balaban J connectivity index is 0.00000363. The quantitative estimate of drug-likeness (QED) is 0.551. The van der Waals surface area contributed by atoms with Gasteiger partial charge < -0.3 is 14.6 Å². The van der Waals surface area contributed by atoms with Gasteiger partial charge in [-0.3, -0.25) is 24.6 Å². The molecule has 0 saturated carbocycles. The van der Waals surface area contributed by atoms with Crippen LogP contribution in [-0.2, 0) is 25.5 Å². The fourth-order valence-electron chi connectivity index (χ4n) is 3.48. The zero-order valence-corrected chi connectivity index (χ0v) is 18.5. The van der Waals surface area contributed by atoms with Crippen molar-refractivity contribution in [2.45, 2.75) is 31.8 Å². The van der Waals surface area contributed by atoms with E-state index >= 15 is 0 Å². The van der Waals surface area contributed by atoms with E-state index in [2.05, 4.69) is 5.32 Å². The largest absolute Gasteiger partial charge is 0.489 e. The van der Waals surface area contributed by atoms with Crippen LogP contribution < -0.4 is 15.0 Å². The molecule has 2 N–H and O–H groups in total. The van der Waals surface area contributed by atoms with Gasteiger partial charge in [0.05, 0.1) is 12.3 Å². The Labute approximate surface area is 192 Å². The number of carbonyl (C=O) groups excluding carboxylic acids is 2. The van der Waals surface area contributed by atoms with Crippen LogP contribution in [0, 0.1) is 0 Å². The highest BCUT2D eigenvalue weighted by molar-refractivity contribution is 6.02. The van der Waals surface area contributed by atoms with Gasteiger partial charge in [0, 0.05) is 0 Å². The zero-order valence-electron chi connectivity index (χ0n) is 17.7. The lowest BCUT2D eigenvalue weighted by molar-refractivity contribution is -0.146. The number of rotatable bonds is 9. The molecule has 2 atom stereocenters. The van der Waals surface area contributed by atoms with Crippen molar-refractivity contribution in [1.82, 2.24) is 5.32 Å². The van der Waals surface area contributed by atoms with Gasteiger partial charge in [0.25, 0.3) is 0 Å². The Morgan fingerprint density at radius 3 is 2.56 bits per heavy atom. The van der Waals surface area contributed by atoms with Crippen LogP contribution in [0.3, 0.4) is 0 Å². The van der Waals surface area contributed by atoms with Crippen LogP contribution in [0.4, 0.5) is 5.69 Å². The number of nitrogens with one attached hydrogen (secondary N) is 1. The number of aryl methyl sites for hydroxylation is 1. The van der Waals surface area contributed by atoms with E-state index in [0.29, 0.717) is 24.3 Å². The summed E-state index contributed by atoms with van der Waals surface area (Å²) >= 11 is 0. The molecular formula is C23H27ClN2O6. The summed E-state index contributed by atoms with van der Waals surface area (Å²) in [5, 5.41) is 12.4. The molecule has 1 heterocycles. The highest BCUT2D eigenvalue weighted by Crippen LogP contribution is 2.31. The Hall–Kier alpha value is -3.10. The molecule has 0 unspecified atom stereocenters. The van der Waals surface area contributed by atoms with Crippen LogP contribution in [0.25, 0.3) is 0 Å². The number of carbonyl (C=O) groups is 3. The van der Waals surface area contributed by atoms with Crippen LogP contribution in [0.2, 0.25) is 0 Å². The fourth-order valence-corrected chi connectivity index (χ4v) is 3.48. The smallest absolute Gasteiger partial charge is 0.323 e. The Bertz CT molecular complexity index is 924. The molecule has 32 heavy (non-hydrogen) atoms. The van der Waals surface area contributed by atoms with E-state index in [-0.39, 0.29) is 25.6 Å². The van der Waals surface area contributed by atoms with Crippen molar-refractivity contribution >= 4 is 35.9 Å². The second kappa shape index (κ2) is 12.1. The average Bonchev–Trinajstić information content (AvgIpc) is 2.89. The second-order valence-electron chi connectivity index (χ2n) is 7.15. The van der Waals surface area contributed by atoms with Crippen molar-refractivity contribution in [3.05, 3.63) is 60.2 Å². The number of hydrogen-bond acceptors (Lipinski definition) is 6. The van der Waals surface area contributed by atoms with Crippen LogP contribution >= 0.6 is 12.4 Å². The summed E-state index contributed by atoms with van der Waals surface area (Å²) in [4.78, 5) is 38.3. The lowest BCUT2D eigenvalue weighted by atomic mass is 10.0. The summed E-state index contributed by atoms with van der Waals surface area (Å²) in [6, 6.07) is 14.8. The minimum absolute atomic E-state index is 0. The van der Waals surface area contributed by atoms with Gasteiger partial charge in [0.1, 0.15) is 31.0 Å².